The Morgan fingerprint density at radius 1 is 1.27 bits per heavy atom. The first-order chi connectivity index (χ1) is 6.77. The van der Waals surface area contributed by atoms with Gasteiger partial charge in [-0.25, -0.2) is 0 Å². The van der Waals surface area contributed by atoms with E-state index in [2.05, 4.69) is 0 Å². The maximum absolute atomic E-state index is 12.0. The largest absolute Gasteiger partial charge is 0.341 e. The summed E-state index contributed by atoms with van der Waals surface area (Å²) in [5, 5.41) is 0. The normalized spacial score (nSPS) is 27.5. The molecular weight excluding hydrogens is 232 g/mol. The maximum atomic E-state index is 12.0. The smallest absolute Gasteiger partial charge is 0.225 e. The molecule has 2 fully saturated rings. The van der Waals surface area contributed by atoms with E-state index in [1.165, 1.54) is 0 Å². The van der Waals surface area contributed by atoms with Crippen molar-refractivity contribution in [1.82, 2.24) is 4.90 Å². The highest BCUT2D eigenvalue weighted by molar-refractivity contribution is 7.99. The molecule has 2 N–H and O–H groups in total. The fourth-order valence-electron chi connectivity index (χ4n) is 2.19. The Balaban J connectivity index is 0.00000112. The number of halogens is 1. The van der Waals surface area contributed by atoms with Crippen LogP contribution in [0.5, 0.6) is 0 Å². The van der Waals surface area contributed by atoms with Crippen LogP contribution in [0.1, 0.15) is 19.3 Å². The van der Waals surface area contributed by atoms with Crippen LogP contribution in [0.25, 0.3) is 0 Å². The van der Waals surface area contributed by atoms with E-state index >= 15 is 0 Å². The van der Waals surface area contributed by atoms with Crippen molar-refractivity contribution in [3.63, 3.8) is 0 Å². The molecular formula is C10H19ClN2OS. The number of carbonyl (C=O) groups excluding carboxylic acids is 1. The van der Waals surface area contributed by atoms with E-state index in [9.17, 15) is 4.79 Å². The highest BCUT2D eigenvalue weighted by Gasteiger charge is 2.30. The zero-order valence-electron chi connectivity index (χ0n) is 8.85. The van der Waals surface area contributed by atoms with Crippen LogP contribution in [0, 0.1) is 5.92 Å². The lowest BCUT2D eigenvalue weighted by Crippen LogP contribution is -2.37. The summed E-state index contributed by atoms with van der Waals surface area (Å²) in [7, 11) is 0. The van der Waals surface area contributed by atoms with E-state index in [1.807, 2.05) is 16.7 Å². The van der Waals surface area contributed by atoms with Gasteiger partial charge in [-0.3, -0.25) is 4.79 Å². The fourth-order valence-corrected chi connectivity index (χ4v) is 3.30. The number of hydrogen-bond acceptors (Lipinski definition) is 3. The van der Waals surface area contributed by atoms with E-state index in [0.29, 0.717) is 11.8 Å². The molecule has 0 spiro atoms. The number of thioether (sulfide) groups is 1. The Kier molecular flexibility index (Phi) is 5.23. The van der Waals surface area contributed by atoms with E-state index < -0.39 is 0 Å². The second kappa shape index (κ2) is 5.97. The predicted octanol–water partition coefficient (Wildman–Crippen LogP) is 1.11. The van der Waals surface area contributed by atoms with Crippen molar-refractivity contribution in [3.05, 3.63) is 0 Å². The Labute approximate surface area is 102 Å². The first kappa shape index (κ1) is 13.1. The Bertz CT molecular complexity index is 215. The van der Waals surface area contributed by atoms with Crippen LogP contribution in [0.3, 0.4) is 0 Å². The molecule has 0 aromatic heterocycles. The van der Waals surface area contributed by atoms with Gasteiger partial charge in [-0.05, 0) is 30.8 Å². The second-order valence-corrected chi connectivity index (χ2v) is 5.44. The molecule has 1 amide bonds. The quantitative estimate of drug-likeness (QED) is 0.759. The van der Waals surface area contributed by atoms with Crippen LogP contribution < -0.4 is 5.73 Å². The number of likely N-dealkylation sites (tertiary alicyclic amines) is 1. The second-order valence-electron chi connectivity index (χ2n) is 4.22. The third-order valence-electron chi connectivity index (χ3n) is 3.11. The minimum Gasteiger partial charge on any atom is -0.341 e. The predicted molar refractivity (Wildman–Crippen MR) is 66.5 cm³/mol. The lowest BCUT2D eigenvalue weighted by Gasteiger charge is -2.25. The van der Waals surface area contributed by atoms with Crippen molar-refractivity contribution < 1.29 is 4.79 Å². The molecule has 1 unspecified atom stereocenters. The van der Waals surface area contributed by atoms with E-state index in [4.69, 9.17) is 5.73 Å². The number of nitrogens with two attached hydrogens (primary N) is 1. The molecule has 88 valence electrons. The Morgan fingerprint density at radius 3 is 2.47 bits per heavy atom. The monoisotopic (exact) mass is 250 g/mol. The highest BCUT2D eigenvalue weighted by Crippen LogP contribution is 2.25. The van der Waals surface area contributed by atoms with Gasteiger partial charge in [0.15, 0.2) is 0 Å². The minimum atomic E-state index is 0. The standard InChI is InChI=1S/C10H18N2OS.ClH/c11-9-1-4-12(7-9)10(13)8-2-5-14-6-3-8;/h8-9H,1-7,11H2;1H. The summed E-state index contributed by atoms with van der Waals surface area (Å²) < 4.78 is 0. The summed E-state index contributed by atoms with van der Waals surface area (Å²) in [6.45, 7) is 1.66. The van der Waals surface area contributed by atoms with Gasteiger partial charge < -0.3 is 10.6 Å². The Morgan fingerprint density at radius 2 is 1.93 bits per heavy atom. The summed E-state index contributed by atoms with van der Waals surface area (Å²) in [6, 6.07) is 0.219. The molecule has 0 aromatic carbocycles. The van der Waals surface area contributed by atoms with Crippen molar-refractivity contribution in [2.75, 3.05) is 24.6 Å². The molecule has 2 aliphatic heterocycles. The Hall–Kier alpha value is 0.0700. The van der Waals surface area contributed by atoms with Crippen LogP contribution in [-0.2, 0) is 4.79 Å². The molecule has 15 heavy (non-hydrogen) atoms. The molecule has 0 aliphatic carbocycles. The van der Waals surface area contributed by atoms with Crippen LogP contribution in [0.4, 0.5) is 0 Å². The summed E-state index contributed by atoms with van der Waals surface area (Å²) in [5.41, 5.74) is 5.79. The molecule has 0 aromatic rings. The minimum absolute atomic E-state index is 0. The topological polar surface area (TPSA) is 46.3 Å². The van der Waals surface area contributed by atoms with Crippen LogP contribution in [0.2, 0.25) is 0 Å². The van der Waals surface area contributed by atoms with Gasteiger partial charge in [0.1, 0.15) is 0 Å². The summed E-state index contributed by atoms with van der Waals surface area (Å²) >= 11 is 1.96. The number of rotatable bonds is 1. The molecule has 2 aliphatic rings. The van der Waals surface area contributed by atoms with Crippen molar-refractivity contribution in [3.8, 4) is 0 Å². The highest BCUT2D eigenvalue weighted by atomic mass is 35.5. The van der Waals surface area contributed by atoms with Crippen molar-refractivity contribution in [1.29, 1.82) is 0 Å². The van der Waals surface area contributed by atoms with Crippen molar-refractivity contribution in [2.45, 2.75) is 25.3 Å². The van der Waals surface area contributed by atoms with E-state index in [-0.39, 0.29) is 18.4 Å². The van der Waals surface area contributed by atoms with Crippen LogP contribution in [0.15, 0.2) is 0 Å². The van der Waals surface area contributed by atoms with Crippen LogP contribution >= 0.6 is 24.2 Å². The number of nitrogens with zero attached hydrogens (tertiary/aromatic N) is 1. The lowest BCUT2D eigenvalue weighted by atomic mass is 10.0. The molecule has 0 saturated carbocycles. The molecule has 0 radical (unpaired) electrons. The third-order valence-corrected chi connectivity index (χ3v) is 4.16. The van der Waals surface area contributed by atoms with Crippen molar-refractivity contribution in [2.24, 2.45) is 11.7 Å². The lowest BCUT2D eigenvalue weighted by molar-refractivity contribution is -0.134. The van der Waals surface area contributed by atoms with Gasteiger partial charge in [0, 0.05) is 25.0 Å². The number of hydrogen-bond donors (Lipinski definition) is 1. The van der Waals surface area contributed by atoms with Gasteiger partial charge >= 0.3 is 0 Å². The third kappa shape index (κ3) is 3.26. The molecule has 1 atom stereocenters. The van der Waals surface area contributed by atoms with Crippen LogP contribution in [-0.4, -0.2) is 41.4 Å². The summed E-state index contributed by atoms with van der Waals surface area (Å²) in [4.78, 5) is 14.0. The van der Waals surface area contributed by atoms with Gasteiger partial charge in [-0.15, -0.1) is 12.4 Å². The van der Waals surface area contributed by atoms with Crippen molar-refractivity contribution >= 4 is 30.1 Å². The SMILES string of the molecule is Cl.NC1CCN(C(=O)C2CCSCC2)C1. The van der Waals surface area contributed by atoms with Gasteiger partial charge in [-0.1, -0.05) is 0 Å². The number of amides is 1. The first-order valence-electron chi connectivity index (χ1n) is 5.39. The zero-order chi connectivity index (χ0) is 9.97. The maximum Gasteiger partial charge on any atom is 0.225 e. The average molecular weight is 251 g/mol. The fraction of sp³-hybridized carbons (Fsp3) is 0.900. The molecule has 2 saturated heterocycles. The molecule has 2 rings (SSSR count). The molecule has 5 heteroatoms. The van der Waals surface area contributed by atoms with Gasteiger partial charge in [0.2, 0.25) is 5.91 Å². The summed E-state index contributed by atoms with van der Waals surface area (Å²) in [5.74, 6) is 2.95. The van der Waals surface area contributed by atoms with Gasteiger partial charge in [0.05, 0.1) is 0 Å². The van der Waals surface area contributed by atoms with E-state index in [0.717, 1.165) is 43.9 Å². The average Bonchev–Trinajstić information content (AvgIpc) is 2.65. The van der Waals surface area contributed by atoms with Gasteiger partial charge in [-0.2, -0.15) is 11.8 Å². The molecule has 3 nitrogen and oxygen atoms in total. The van der Waals surface area contributed by atoms with E-state index in [1.54, 1.807) is 0 Å². The molecule has 0 bridgehead atoms. The van der Waals surface area contributed by atoms with Gasteiger partial charge in [0.25, 0.3) is 0 Å². The zero-order valence-corrected chi connectivity index (χ0v) is 10.5. The molecule has 2 heterocycles. The number of carbonyl (C=O) groups is 1. The summed E-state index contributed by atoms with van der Waals surface area (Å²) in [6.07, 6.45) is 3.11. The first-order valence-corrected chi connectivity index (χ1v) is 6.55.